The van der Waals surface area contributed by atoms with Crippen molar-refractivity contribution >= 4 is 39.0 Å². The van der Waals surface area contributed by atoms with E-state index >= 15 is 0 Å². The molecule has 1 amide bonds. The van der Waals surface area contributed by atoms with Gasteiger partial charge in [-0.05, 0) is 54.1 Å². The third-order valence-corrected chi connectivity index (χ3v) is 6.41. The van der Waals surface area contributed by atoms with Gasteiger partial charge in [-0.25, -0.2) is 0 Å². The summed E-state index contributed by atoms with van der Waals surface area (Å²) in [6.07, 6.45) is 1.67. The second kappa shape index (κ2) is 8.84. The number of anilines is 1. The molecule has 3 heterocycles. The standard InChI is InChI=1S/C21H21BrN4OS/c22-17-5-3-15(4-6-17)14-23-21(27)16-9-11-26(12-10-16)20-8-7-18(24-25-20)19-2-1-13-28-19/h1-8,13,16H,9-12,14H2,(H,23,27). The van der Waals surface area contributed by atoms with E-state index in [1.165, 1.54) is 0 Å². The molecule has 0 saturated carbocycles. The number of hydrogen-bond acceptors (Lipinski definition) is 5. The maximum absolute atomic E-state index is 12.5. The van der Waals surface area contributed by atoms with Crippen molar-refractivity contribution in [3.63, 3.8) is 0 Å². The van der Waals surface area contributed by atoms with Gasteiger partial charge in [0.2, 0.25) is 5.91 Å². The van der Waals surface area contributed by atoms with Crippen LogP contribution in [0.3, 0.4) is 0 Å². The molecule has 28 heavy (non-hydrogen) atoms. The van der Waals surface area contributed by atoms with Gasteiger partial charge < -0.3 is 10.2 Å². The van der Waals surface area contributed by atoms with Crippen LogP contribution in [-0.4, -0.2) is 29.2 Å². The fraction of sp³-hybridized carbons (Fsp3) is 0.286. The van der Waals surface area contributed by atoms with Crippen LogP contribution in [0, 0.1) is 5.92 Å². The van der Waals surface area contributed by atoms with Gasteiger partial charge in [-0.15, -0.1) is 21.5 Å². The number of carbonyl (C=O) groups is 1. The molecule has 1 N–H and O–H groups in total. The minimum atomic E-state index is 0.0602. The van der Waals surface area contributed by atoms with Crippen molar-refractivity contribution in [2.24, 2.45) is 5.92 Å². The highest BCUT2D eigenvalue weighted by Crippen LogP contribution is 2.25. The highest BCUT2D eigenvalue weighted by atomic mass is 79.9. The minimum absolute atomic E-state index is 0.0602. The van der Waals surface area contributed by atoms with Crippen LogP contribution in [0.2, 0.25) is 0 Å². The number of benzene rings is 1. The highest BCUT2D eigenvalue weighted by molar-refractivity contribution is 9.10. The number of rotatable bonds is 5. The molecular formula is C21H21BrN4OS. The lowest BCUT2D eigenvalue weighted by atomic mass is 9.96. The summed E-state index contributed by atoms with van der Waals surface area (Å²) in [6.45, 7) is 2.22. The van der Waals surface area contributed by atoms with Crippen LogP contribution in [0.25, 0.3) is 10.6 Å². The number of aromatic nitrogens is 2. The van der Waals surface area contributed by atoms with E-state index in [-0.39, 0.29) is 11.8 Å². The Morgan fingerprint density at radius 2 is 1.89 bits per heavy atom. The molecule has 1 aliphatic rings. The van der Waals surface area contributed by atoms with Crippen LogP contribution >= 0.6 is 27.3 Å². The summed E-state index contributed by atoms with van der Waals surface area (Å²) in [5.41, 5.74) is 2.01. The Kier molecular flexibility index (Phi) is 6.02. The minimum Gasteiger partial charge on any atom is -0.355 e. The lowest BCUT2D eigenvalue weighted by Crippen LogP contribution is -2.40. The average Bonchev–Trinajstić information content (AvgIpc) is 3.28. The number of amides is 1. The maximum Gasteiger partial charge on any atom is 0.223 e. The number of nitrogens with zero attached hydrogens (tertiary/aromatic N) is 3. The van der Waals surface area contributed by atoms with Gasteiger partial charge in [-0.1, -0.05) is 34.1 Å². The fourth-order valence-electron chi connectivity index (χ4n) is 3.36. The van der Waals surface area contributed by atoms with E-state index in [1.54, 1.807) is 11.3 Å². The highest BCUT2D eigenvalue weighted by Gasteiger charge is 2.25. The van der Waals surface area contributed by atoms with Crippen LogP contribution < -0.4 is 10.2 Å². The molecule has 1 aromatic carbocycles. The van der Waals surface area contributed by atoms with Crippen LogP contribution in [0.5, 0.6) is 0 Å². The van der Waals surface area contributed by atoms with Gasteiger partial charge in [0.1, 0.15) is 5.69 Å². The number of nitrogens with one attached hydrogen (secondary N) is 1. The lowest BCUT2D eigenvalue weighted by Gasteiger charge is -2.31. The lowest BCUT2D eigenvalue weighted by molar-refractivity contribution is -0.125. The largest absolute Gasteiger partial charge is 0.355 e. The quantitative estimate of drug-likeness (QED) is 0.613. The Bertz CT molecular complexity index is 905. The molecular weight excluding hydrogens is 436 g/mol. The molecule has 0 unspecified atom stereocenters. The first-order chi connectivity index (χ1) is 13.7. The fourth-order valence-corrected chi connectivity index (χ4v) is 4.31. The van der Waals surface area contributed by atoms with Crippen LogP contribution in [0.4, 0.5) is 5.82 Å². The molecule has 1 saturated heterocycles. The van der Waals surface area contributed by atoms with Crippen molar-refractivity contribution in [1.29, 1.82) is 0 Å². The van der Waals surface area contributed by atoms with Gasteiger partial charge in [-0.3, -0.25) is 4.79 Å². The van der Waals surface area contributed by atoms with E-state index in [9.17, 15) is 4.79 Å². The van der Waals surface area contributed by atoms with Gasteiger partial charge >= 0.3 is 0 Å². The van der Waals surface area contributed by atoms with Crippen molar-refractivity contribution in [3.05, 3.63) is 63.9 Å². The van der Waals surface area contributed by atoms with Crippen molar-refractivity contribution in [2.75, 3.05) is 18.0 Å². The molecule has 4 rings (SSSR count). The monoisotopic (exact) mass is 456 g/mol. The summed E-state index contributed by atoms with van der Waals surface area (Å²) in [7, 11) is 0. The number of piperidine rings is 1. The second-order valence-corrected chi connectivity index (χ2v) is 8.72. The molecule has 1 fully saturated rings. The normalized spacial score (nSPS) is 14.8. The zero-order valence-corrected chi connectivity index (χ0v) is 17.7. The van der Waals surface area contributed by atoms with Crippen molar-refractivity contribution < 1.29 is 4.79 Å². The predicted octanol–water partition coefficient (Wildman–Crippen LogP) is 4.50. The zero-order chi connectivity index (χ0) is 19.3. The summed E-state index contributed by atoms with van der Waals surface area (Å²) in [4.78, 5) is 15.8. The first-order valence-electron chi connectivity index (χ1n) is 9.34. The van der Waals surface area contributed by atoms with Gasteiger partial charge in [0.25, 0.3) is 0 Å². The molecule has 0 radical (unpaired) electrons. The molecule has 144 valence electrons. The van der Waals surface area contributed by atoms with E-state index in [0.717, 1.165) is 52.4 Å². The first-order valence-corrected chi connectivity index (χ1v) is 11.0. The Labute approximate surface area is 176 Å². The molecule has 5 nitrogen and oxygen atoms in total. The summed E-state index contributed by atoms with van der Waals surface area (Å²) in [5, 5.41) is 13.9. The average molecular weight is 457 g/mol. The van der Waals surface area contributed by atoms with Gasteiger partial charge in [0.05, 0.1) is 4.88 Å². The van der Waals surface area contributed by atoms with Crippen LogP contribution in [0.1, 0.15) is 18.4 Å². The Balaban J connectivity index is 1.28. The molecule has 0 atom stereocenters. The second-order valence-electron chi connectivity index (χ2n) is 6.86. The summed E-state index contributed by atoms with van der Waals surface area (Å²) in [6, 6.07) is 16.1. The smallest absolute Gasteiger partial charge is 0.223 e. The summed E-state index contributed by atoms with van der Waals surface area (Å²) < 4.78 is 1.04. The van der Waals surface area contributed by atoms with E-state index < -0.39 is 0 Å². The van der Waals surface area contributed by atoms with Crippen molar-refractivity contribution in [1.82, 2.24) is 15.5 Å². The number of hydrogen-bond donors (Lipinski definition) is 1. The summed E-state index contributed by atoms with van der Waals surface area (Å²) in [5.74, 6) is 1.08. The van der Waals surface area contributed by atoms with E-state index in [0.29, 0.717) is 6.54 Å². The molecule has 2 aromatic heterocycles. The van der Waals surface area contributed by atoms with Gasteiger partial charge in [0, 0.05) is 30.0 Å². The number of carbonyl (C=O) groups excluding carboxylic acids is 1. The zero-order valence-electron chi connectivity index (χ0n) is 15.3. The summed E-state index contributed by atoms with van der Waals surface area (Å²) >= 11 is 5.09. The van der Waals surface area contributed by atoms with Gasteiger partial charge in [-0.2, -0.15) is 0 Å². The van der Waals surface area contributed by atoms with E-state index in [4.69, 9.17) is 0 Å². The number of halogens is 1. The SMILES string of the molecule is O=C(NCc1ccc(Br)cc1)C1CCN(c2ccc(-c3cccs3)nn2)CC1. The Morgan fingerprint density at radius 1 is 1.11 bits per heavy atom. The van der Waals surface area contributed by atoms with Crippen molar-refractivity contribution in [2.45, 2.75) is 19.4 Å². The van der Waals surface area contributed by atoms with E-state index in [1.807, 2.05) is 53.9 Å². The first kappa shape index (κ1) is 19.1. The molecule has 0 aliphatic carbocycles. The van der Waals surface area contributed by atoms with Gasteiger partial charge in [0.15, 0.2) is 5.82 Å². The molecule has 3 aromatic rings. The van der Waals surface area contributed by atoms with Crippen LogP contribution in [-0.2, 0) is 11.3 Å². The Morgan fingerprint density at radius 3 is 2.54 bits per heavy atom. The number of thiophene rings is 1. The molecule has 7 heteroatoms. The Hall–Kier alpha value is -2.25. The molecule has 0 spiro atoms. The molecule has 1 aliphatic heterocycles. The topological polar surface area (TPSA) is 58.1 Å². The van der Waals surface area contributed by atoms with E-state index in [2.05, 4.69) is 36.3 Å². The van der Waals surface area contributed by atoms with Crippen LogP contribution in [0.15, 0.2) is 58.4 Å². The third kappa shape index (κ3) is 4.59. The third-order valence-electron chi connectivity index (χ3n) is 4.99. The molecule has 0 bridgehead atoms. The predicted molar refractivity (Wildman–Crippen MR) is 116 cm³/mol. The maximum atomic E-state index is 12.5. The van der Waals surface area contributed by atoms with Crippen molar-refractivity contribution in [3.8, 4) is 10.6 Å².